The smallest absolute Gasteiger partial charge is 0.417 e. The molecule has 1 aliphatic carbocycles. The maximum atomic E-state index is 13.4. The summed E-state index contributed by atoms with van der Waals surface area (Å²) in [4.78, 5) is 33.9. The summed E-state index contributed by atoms with van der Waals surface area (Å²) >= 11 is 5.74. The predicted octanol–water partition coefficient (Wildman–Crippen LogP) is 3.83. The Balaban J connectivity index is 1.63. The maximum absolute atomic E-state index is 13.4. The number of carboxylic acid groups (broad SMARTS) is 1. The predicted molar refractivity (Wildman–Crippen MR) is 123 cm³/mol. The summed E-state index contributed by atoms with van der Waals surface area (Å²) < 4.78 is 40.1. The molecule has 1 aromatic heterocycles. The fraction of sp³-hybridized carbons (Fsp3) is 0.435. The second-order valence-corrected chi connectivity index (χ2v) is 9.31. The number of hydrogen-bond donors (Lipinski definition) is 3. The summed E-state index contributed by atoms with van der Waals surface area (Å²) in [6.45, 7) is 1.25. The summed E-state index contributed by atoms with van der Waals surface area (Å²) in [5, 5.41) is 22.8. The zero-order valence-electron chi connectivity index (χ0n) is 18.9. The van der Waals surface area contributed by atoms with Crippen LogP contribution in [0.2, 0.25) is 5.02 Å². The fourth-order valence-corrected chi connectivity index (χ4v) is 4.32. The van der Waals surface area contributed by atoms with E-state index in [1.807, 2.05) is 11.0 Å². The van der Waals surface area contributed by atoms with Gasteiger partial charge >= 0.3 is 12.3 Å². The first-order chi connectivity index (χ1) is 17.0. The third kappa shape index (κ3) is 5.46. The topological polar surface area (TPSA) is 131 Å². The first-order valence-electron chi connectivity index (χ1n) is 11.2. The number of aromatic nitrogens is 2. The van der Waals surface area contributed by atoms with Gasteiger partial charge in [-0.2, -0.15) is 18.4 Å². The summed E-state index contributed by atoms with van der Waals surface area (Å²) in [6, 6.07) is 5.44. The average molecular weight is 523 g/mol. The molecule has 36 heavy (non-hydrogen) atoms. The molecule has 0 spiro atoms. The molecule has 1 saturated carbocycles. The van der Waals surface area contributed by atoms with Crippen LogP contribution >= 0.6 is 11.6 Å². The van der Waals surface area contributed by atoms with Gasteiger partial charge in [-0.15, -0.1) is 0 Å². The van der Waals surface area contributed by atoms with Crippen molar-refractivity contribution in [3.63, 3.8) is 0 Å². The molecule has 2 amide bonds. The van der Waals surface area contributed by atoms with Crippen molar-refractivity contribution in [3.8, 4) is 17.5 Å². The number of amides is 2. The van der Waals surface area contributed by atoms with Crippen LogP contribution in [0.15, 0.2) is 24.4 Å². The standard InChI is InChI=1S/C23H22ClF3N6O3/c24-17-2-1-14(7-16(17)23(25,26)27)18-29-9-15(10-30-20(34)22(12-28)4-5-22)19(32-18)33-6-3-13(11-33)8-31-21(35)36/h1-2,7,9,13,31H,3-6,8,10-11H2,(H,30,34)(H,35,36). The number of hydrogen-bond acceptors (Lipinski definition) is 6. The molecule has 2 heterocycles. The summed E-state index contributed by atoms with van der Waals surface area (Å²) in [6.07, 6.45) is -2.70. The minimum atomic E-state index is -4.65. The quantitative estimate of drug-likeness (QED) is 0.503. The van der Waals surface area contributed by atoms with E-state index in [1.165, 1.54) is 12.3 Å². The molecule has 1 aliphatic heterocycles. The number of rotatable bonds is 7. The summed E-state index contributed by atoms with van der Waals surface area (Å²) in [7, 11) is 0. The van der Waals surface area contributed by atoms with Crippen LogP contribution < -0.4 is 15.5 Å². The molecule has 13 heteroatoms. The Bertz CT molecular complexity index is 1230. The van der Waals surface area contributed by atoms with Gasteiger partial charge in [0.1, 0.15) is 11.2 Å². The number of carbonyl (C=O) groups excluding carboxylic acids is 1. The van der Waals surface area contributed by atoms with Crippen LogP contribution in [0.1, 0.15) is 30.4 Å². The molecule has 2 fully saturated rings. The van der Waals surface area contributed by atoms with Gasteiger partial charge in [-0.05, 0) is 43.4 Å². The number of benzene rings is 1. The van der Waals surface area contributed by atoms with Gasteiger partial charge in [-0.3, -0.25) is 4.79 Å². The Hall–Kier alpha value is -3.59. The van der Waals surface area contributed by atoms with E-state index in [9.17, 15) is 28.0 Å². The number of nitrogens with zero attached hydrogens (tertiary/aromatic N) is 4. The van der Waals surface area contributed by atoms with Crippen LogP contribution in [0, 0.1) is 22.7 Å². The molecule has 2 aromatic rings. The first kappa shape index (κ1) is 25.5. The number of anilines is 1. The highest BCUT2D eigenvalue weighted by molar-refractivity contribution is 6.31. The van der Waals surface area contributed by atoms with E-state index in [1.54, 1.807) is 0 Å². The van der Waals surface area contributed by atoms with Crippen LogP contribution in [0.4, 0.5) is 23.8 Å². The zero-order chi connectivity index (χ0) is 26.1. The molecule has 4 rings (SSSR count). The molecule has 0 bridgehead atoms. The molecule has 1 unspecified atom stereocenters. The van der Waals surface area contributed by atoms with Gasteiger partial charge in [0.15, 0.2) is 5.82 Å². The monoisotopic (exact) mass is 522 g/mol. The lowest BCUT2D eigenvalue weighted by Gasteiger charge is -2.22. The average Bonchev–Trinajstić information content (AvgIpc) is 3.50. The van der Waals surface area contributed by atoms with Gasteiger partial charge in [0.2, 0.25) is 5.91 Å². The Labute approximate surface area is 209 Å². The van der Waals surface area contributed by atoms with Crippen molar-refractivity contribution in [1.82, 2.24) is 20.6 Å². The lowest BCUT2D eigenvalue weighted by Crippen LogP contribution is -2.32. The molecule has 1 saturated heterocycles. The molecule has 190 valence electrons. The number of nitriles is 1. The highest BCUT2D eigenvalue weighted by atomic mass is 35.5. The Morgan fingerprint density at radius 3 is 2.69 bits per heavy atom. The highest BCUT2D eigenvalue weighted by Crippen LogP contribution is 2.45. The van der Waals surface area contributed by atoms with E-state index < -0.39 is 34.2 Å². The second kappa shape index (κ2) is 9.81. The van der Waals surface area contributed by atoms with Gasteiger partial charge in [0.25, 0.3) is 0 Å². The van der Waals surface area contributed by atoms with Crippen LogP contribution in [0.25, 0.3) is 11.4 Å². The van der Waals surface area contributed by atoms with E-state index in [4.69, 9.17) is 16.7 Å². The zero-order valence-corrected chi connectivity index (χ0v) is 19.7. The van der Waals surface area contributed by atoms with Crippen molar-refractivity contribution in [2.45, 2.75) is 32.0 Å². The van der Waals surface area contributed by atoms with Gasteiger partial charge in [0, 0.05) is 43.5 Å². The Morgan fingerprint density at radius 1 is 1.31 bits per heavy atom. The van der Waals surface area contributed by atoms with E-state index >= 15 is 0 Å². The normalized spacial score (nSPS) is 18.4. The van der Waals surface area contributed by atoms with E-state index in [2.05, 4.69) is 20.6 Å². The Kier molecular flexibility index (Phi) is 6.95. The summed E-state index contributed by atoms with van der Waals surface area (Å²) in [5.74, 6) is 0.0774. The number of carbonyl (C=O) groups is 2. The number of nitrogens with one attached hydrogen (secondary N) is 2. The van der Waals surface area contributed by atoms with Crippen molar-refractivity contribution < 1.29 is 27.9 Å². The van der Waals surface area contributed by atoms with Gasteiger partial charge in [-0.1, -0.05) is 11.6 Å². The van der Waals surface area contributed by atoms with Gasteiger partial charge in [0.05, 0.1) is 16.7 Å². The third-order valence-electron chi connectivity index (χ3n) is 6.34. The Morgan fingerprint density at radius 2 is 2.06 bits per heavy atom. The van der Waals surface area contributed by atoms with Crippen LogP contribution in [0.3, 0.4) is 0 Å². The maximum Gasteiger partial charge on any atom is 0.417 e. The molecule has 0 radical (unpaired) electrons. The largest absolute Gasteiger partial charge is 0.465 e. The molecule has 3 N–H and O–H groups in total. The van der Waals surface area contributed by atoms with Crippen LogP contribution in [-0.4, -0.2) is 46.7 Å². The minimum absolute atomic E-state index is 0.00245. The van der Waals surface area contributed by atoms with Crippen LogP contribution in [-0.2, 0) is 17.5 Å². The van der Waals surface area contributed by atoms with Gasteiger partial charge < -0.3 is 20.6 Å². The highest BCUT2D eigenvalue weighted by Gasteiger charge is 2.50. The van der Waals surface area contributed by atoms with Crippen LogP contribution in [0.5, 0.6) is 0 Å². The lowest BCUT2D eigenvalue weighted by molar-refractivity contribution is -0.137. The molecular weight excluding hydrogens is 501 g/mol. The molecular formula is C23H22ClF3N6O3. The van der Waals surface area contributed by atoms with Gasteiger partial charge in [-0.25, -0.2) is 14.8 Å². The van der Waals surface area contributed by atoms with Crippen molar-refractivity contribution in [2.75, 3.05) is 24.5 Å². The van der Waals surface area contributed by atoms with E-state index in [0.29, 0.717) is 43.7 Å². The first-order valence-corrected chi connectivity index (χ1v) is 11.5. The number of halogens is 4. The molecule has 1 atom stereocenters. The molecule has 1 aromatic carbocycles. The number of alkyl halides is 3. The lowest BCUT2D eigenvalue weighted by atomic mass is 10.1. The van der Waals surface area contributed by atoms with E-state index in [-0.39, 0.29) is 30.4 Å². The third-order valence-corrected chi connectivity index (χ3v) is 6.67. The SMILES string of the molecule is N#CC1(C(=O)NCc2cnc(-c3ccc(Cl)c(C(F)(F)F)c3)nc2N2CCC(CNC(=O)O)C2)CC1. The van der Waals surface area contributed by atoms with Crippen molar-refractivity contribution >= 4 is 29.4 Å². The summed E-state index contributed by atoms with van der Waals surface area (Å²) in [5.41, 5.74) is -1.37. The minimum Gasteiger partial charge on any atom is -0.465 e. The molecule has 9 nitrogen and oxygen atoms in total. The van der Waals surface area contributed by atoms with Crippen molar-refractivity contribution in [3.05, 3.63) is 40.5 Å². The fourth-order valence-electron chi connectivity index (χ4n) is 4.10. The van der Waals surface area contributed by atoms with E-state index in [0.717, 1.165) is 12.1 Å². The second-order valence-electron chi connectivity index (χ2n) is 8.90. The molecule has 2 aliphatic rings. The van der Waals surface area contributed by atoms with Crippen molar-refractivity contribution in [1.29, 1.82) is 5.26 Å². The van der Waals surface area contributed by atoms with Crippen molar-refractivity contribution in [2.24, 2.45) is 11.3 Å².